The number of nitrogens with two attached hydrogens (primary N) is 1. The lowest BCUT2D eigenvalue weighted by Gasteiger charge is -2.20. The first-order valence-electron chi connectivity index (χ1n) is 9.77. The Kier molecular flexibility index (Phi) is 4.86. The minimum atomic E-state index is -0.486. The van der Waals surface area contributed by atoms with Crippen molar-refractivity contribution in [3.8, 4) is 10.7 Å². The van der Waals surface area contributed by atoms with Gasteiger partial charge in [-0.25, -0.2) is 9.97 Å². The summed E-state index contributed by atoms with van der Waals surface area (Å²) in [4.78, 5) is 22.3. The number of fused-ring (bicyclic) bond motifs is 2. The topological polar surface area (TPSA) is 106 Å². The Labute approximate surface area is 177 Å². The summed E-state index contributed by atoms with van der Waals surface area (Å²) in [7, 11) is 0. The lowest BCUT2D eigenvalue weighted by molar-refractivity contribution is 0.100. The smallest absolute Gasteiger partial charge is 0.250 e. The molecule has 5 rings (SSSR count). The molecule has 0 spiro atoms. The fourth-order valence-corrected chi connectivity index (χ4v) is 4.51. The van der Waals surface area contributed by atoms with Gasteiger partial charge in [-0.2, -0.15) is 4.37 Å². The van der Waals surface area contributed by atoms with Gasteiger partial charge in [-0.15, -0.1) is 0 Å². The Hall–Kier alpha value is -3.36. The first-order chi connectivity index (χ1) is 14.7. The number of amides is 1. The highest BCUT2D eigenvalue weighted by Crippen LogP contribution is 2.34. The van der Waals surface area contributed by atoms with Crippen LogP contribution in [0.15, 0.2) is 48.5 Å². The molecule has 8 heteroatoms. The largest absolute Gasteiger partial charge is 0.366 e. The number of aromatic nitrogens is 3. The van der Waals surface area contributed by atoms with Crippen LogP contribution in [0.2, 0.25) is 0 Å². The summed E-state index contributed by atoms with van der Waals surface area (Å²) in [6, 6.07) is 15.7. The molecule has 4 N–H and O–H groups in total. The van der Waals surface area contributed by atoms with Gasteiger partial charge in [-0.05, 0) is 23.2 Å². The summed E-state index contributed by atoms with van der Waals surface area (Å²) >= 11 is 1.30. The monoisotopic (exact) mass is 416 g/mol. The fourth-order valence-electron chi connectivity index (χ4n) is 3.70. The average Bonchev–Trinajstić information content (AvgIpc) is 3.22. The Morgan fingerprint density at radius 1 is 1.13 bits per heavy atom. The molecule has 7 nitrogen and oxygen atoms in total. The standard InChI is InChI=1S/C22H20N6OS/c23-20(29)15-8-4-7-14-18(15)28-30-19(14)22-26-17-9-10-24-12-16(17)21(27-22)25-11-13-5-2-1-3-6-13/h1-8,24H,9-12H2,(H2,23,29)(H,25,26,27). The van der Waals surface area contributed by atoms with Gasteiger partial charge >= 0.3 is 0 Å². The number of nitrogens with zero attached hydrogens (tertiary/aromatic N) is 3. The maximum absolute atomic E-state index is 11.8. The van der Waals surface area contributed by atoms with Gasteiger partial charge in [0.15, 0.2) is 5.82 Å². The fraction of sp³-hybridized carbons (Fsp3) is 0.182. The third-order valence-corrected chi connectivity index (χ3v) is 6.07. The molecule has 1 aliphatic heterocycles. The molecule has 0 saturated heterocycles. The Bertz CT molecular complexity index is 1240. The molecule has 0 atom stereocenters. The summed E-state index contributed by atoms with van der Waals surface area (Å²) in [5.74, 6) is 0.971. The van der Waals surface area contributed by atoms with Gasteiger partial charge in [-0.1, -0.05) is 42.5 Å². The third kappa shape index (κ3) is 3.40. The van der Waals surface area contributed by atoms with Crippen molar-refractivity contribution in [2.45, 2.75) is 19.5 Å². The van der Waals surface area contributed by atoms with Crippen molar-refractivity contribution in [1.29, 1.82) is 0 Å². The van der Waals surface area contributed by atoms with E-state index in [9.17, 15) is 4.79 Å². The van der Waals surface area contributed by atoms with Crippen molar-refractivity contribution < 1.29 is 4.79 Å². The van der Waals surface area contributed by atoms with Crippen LogP contribution in [0.4, 0.5) is 5.82 Å². The summed E-state index contributed by atoms with van der Waals surface area (Å²) < 4.78 is 4.48. The van der Waals surface area contributed by atoms with E-state index in [0.717, 1.165) is 46.8 Å². The molecule has 0 unspecified atom stereocenters. The zero-order chi connectivity index (χ0) is 20.5. The molecule has 4 aromatic rings. The Morgan fingerprint density at radius 3 is 2.83 bits per heavy atom. The molecule has 30 heavy (non-hydrogen) atoms. The lowest BCUT2D eigenvalue weighted by atomic mass is 10.1. The quantitative estimate of drug-likeness (QED) is 0.462. The molecule has 3 heterocycles. The predicted octanol–water partition coefficient (Wildman–Crippen LogP) is 3.11. The van der Waals surface area contributed by atoms with E-state index in [0.29, 0.717) is 23.4 Å². The van der Waals surface area contributed by atoms with Crippen LogP contribution in [0.5, 0.6) is 0 Å². The highest BCUT2D eigenvalue weighted by atomic mass is 32.1. The van der Waals surface area contributed by atoms with Gasteiger partial charge in [-0.3, -0.25) is 4.79 Å². The van der Waals surface area contributed by atoms with Gasteiger partial charge in [0, 0.05) is 37.0 Å². The van der Waals surface area contributed by atoms with E-state index < -0.39 is 5.91 Å². The first kappa shape index (κ1) is 18.7. The van der Waals surface area contributed by atoms with Crippen LogP contribution in [0.3, 0.4) is 0 Å². The molecule has 1 amide bonds. The summed E-state index contributed by atoms with van der Waals surface area (Å²) in [5, 5.41) is 7.74. The summed E-state index contributed by atoms with van der Waals surface area (Å²) in [6.07, 6.45) is 0.841. The van der Waals surface area contributed by atoms with Crippen molar-refractivity contribution in [1.82, 2.24) is 19.7 Å². The molecule has 2 aromatic carbocycles. The van der Waals surface area contributed by atoms with E-state index >= 15 is 0 Å². The second-order valence-electron chi connectivity index (χ2n) is 7.16. The molecule has 1 aliphatic rings. The third-order valence-electron chi connectivity index (χ3n) is 5.21. The maximum Gasteiger partial charge on any atom is 0.250 e. The van der Waals surface area contributed by atoms with E-state index in [1.807, 2.05) is 30.3 Å². The number of benzene rings is 2. The zero-order valence-corrected chi connectivity index (χ0v) is 17.0. The number of anilines is 1. The van der Waals surface area contributed by atoms with Crippen molar-refractivity contribution in [2.75, 3.05) is 11.9 Å². The van der Waals surface area contributed by atoms with Crippen LogP contribution >= 0.6 is 11.5 Å². The number of hydrogen-bond donors (Lipinski definition) is 3. The average molecular weight is 417 g/mol. The van der Waals surface area contributed by atoms with E-state index in [4.69, 9.17) is 15.7 Å². The Balaban J connectivity index is 1.58. The van der Waals surface area contributed by atoms with Crippen molar-refractivity contribution in [3.63, 3.8) is 0 Å². The highest BCUT2D eigenvalue weighted by Gasteiger charge is 2.21. The molecule has 150 valence electrons. The second kappa shape index (κ2) is 7.81. The number of nitrogens with one attached hydrogen (secondary N) is 2. The van der Waals surface area contributed by atoms with E-state index in [-0.39, 0.29) is 0 Å². The van der Waals surface area contributed by atoms with Crippen molar-refractivity contribution >= 4 is 34.2 Å². The van der Waals surface area contributed by atoms with Gasteiger partial charge in [0.25, 0.3) is 5.91 Å². The minimum Gasteiger partial charge on any atom is -0.366 e. The van der Waals surface area contributed by atoms with Crippen LogP contribution in [0.1, 0.15) is 27.2 Å². The predicted molar refractivity (Wildman–Crippen MR) is 118 cm³/mol. The number of rotatable bonds is 5. The van der Waals surface area contributed by atoms with Gasteiger partial charge in [0.1, 0.15) is 10.7 Å². The van der Waals surface area contributed by atoms with Gasteiger partial charge < -0.3 is 16.4 Å². The van der Waals surface area contributed by atoms with Gasteiger partial charge in [0.05, 0.1) is 16.8 Å². The van der Waals surface area contributed by atoms with E-state index in [1.165, 1.54) is 17.1 Å². The van der Waals surface area contributed by atoms with E-state index in [2.05, 4.69) is 27.1 Å². The summed E-state index contributed by atoms with van der Waals surface area (Å²) in [5.41, 5.74) is 9.87. The minimum absolute atomic E-state index is 0.416. The van der Waals surface area contributed by atoms with Crippen LogP contribution in [-0.2, 0) is 19.5 Å². The molecule has 0 saturated carbocycles. The molecule has 0 fully saturated rings. The van der Waals surface area contributed by atoms with Crippen molar-refractivity contribution in [3.05, 3.63) is 70.9 Å². The van der Waals surface area contributed by atoms with Crippen LogP contribution in [-0.4, -0.2) is 26.8 Å². The van der Waals surface area contributed by atoms with E-state index in [1.54, 1.807) is 6.07 Å². The van der Waals surface area contributed by atoms with Crippen molar-refractivity contribution in [2.24, 2.45) is 5.73 Å². The SMILES string of the molecule is NC(=O)c1cccc2c(-c3nc4c(c(NCc5ccccc5)n3)CNCC4)snc12. The van der Waals surface area contributed by atoms with Crippen LogP contribution in [0.25, 0.3) is 21.6 Å². The lowest BCUT2D eigenvalue weighted by Crippen LogP contribution is -2.26. The zero-order valence-electron chi connectivity index (χ0n) is 16.2. The second-order valence-corrected chi connectivity index (χ2v) is 7.94. The van der Waals surface area contributed by atoms with Crippen LogP contribution < -0.4 is 16.4 Å². The number of primary amides is 1. The number of hydrogen-bond acceptors (Lipinski definition) is 7. The Morgan fingerprint density at radius 2 is 2.00 bits per heavy atom. The normalized spacial score (nSPS) is 13.2. The molecular formula is C22H20N6OS. The van der Waals surface area contributed by atoms with Gasteiger partial charge in [0.2, 0.25) is 0 Å². The molecule has 0 aliphatic carbocycles. The first-order valence-corrected chi connectivity index (χ1v) is 10.5. The molecule has 2 aromatic heterocycles. The van der Waals surface area contributed by atoms with Crippen LogP contribution in [0, 0.1) is 0 Å². The molecular weight excluding hydrogens is 396 g/mol. The number of carbonyl (C=O) groups excluding carboxylic acids is 1. The molecule has 0 radical (unpaired) electrons. The maximum atomic E-state index is 11.8. The molecule has 0 bridgehead atoms. The number of carbonyl (C=O) groups is 1. The summed E-state index contributed by atoms with van der Waals surface area (Å²) in [6.45, 7) is 2.30. The highest BCUT2D eigenvalue weighted by molar-refractivity contribution is 7.11.